The molecule has 0 bridgehead atoms. The molecule has 1 atom stereocenters. The topological polar surface area (TPSA) is 38.0 Å². The summed E-state index contributed by atoms with van der Waals surface area (Å²) in [5, 5.41) is 14.6. The summed E-state index contributed by atoms with van der Waals surface area (Å²) >= 11 is 0. The fourth-order valence-electron chi connectivity index (χ4n) is 2.42. The number of aliphatic hydroxyl groups excluding tert-OH is 1. The summed E-state index contributed by atoms with van der Waals surface area (Å²) in [6.45, 7) is 0. The Morgan fingerprint density at radius 2 is 1.62 bits per heavy atom. The van der Waals surface area contributed by atoms with Crippen LogP contribution in [0.15, 0.2) is 66.9 Å². The Morgan fingerprint density at radius 3 is 2.24 bits per heavy atom. The molecule has 0 spiro atoms. The Balaban J connectivity index is 1.74. The molecule has 3 aromatic rings. The van der Waals surface area contributed by atoms with Crippen LogP contribution in [-0.4, -0.2) is 14.9 Å². The van der Waals surface area contributed by atoms with Crippen LogP contribution >= 0.6 is 0 Å². The van der Waals surface area contributed by atoms with Crippen LogP contribution in [0.25, 0.3) is 11.1 Å². The number of hydrogen-bond donors (Lipinski definition) is 1. The van der Waals surface area contributed by atoms with E-state index < -0.39 is 6.10 Å². The van der Waals surface area contributed by atoms with Crippen LogP contribution in [0.5, 0.6) is 0 Å². The minimum Gasteiger partial charge on any atom is -0.388 e. The fourth-order valence-corrected chi connectivity index (χ4v) is 2.42. The Bertz CT molecular complexity index is 702. The van der Waals surface area contributed by atoms with Crippen molar-refractivity contribution in [3.8, 4) is 11.1 Å². The second kappa shape index (κ2) is 5.94. The van der Waals surface area contributed by atoms with Crippen LogP contribution in [0, 0.1) is 0 Å². The summed E-state index contributed by atoms with van der Waals surface area (Å²) in [6, 6.07) is 20.2. The van der Waals surface area contributed by atoms with Gasteiger partial charge in [0.25, 0.3) is 0 Å². The zero-order valence-corrected chi connectivity index (χ0v) is 12.0. The molecule has 1 heterocycles. The van der Waals surface area contributed by atoms with Gasteiger partial charge in [-0.3, -0.25) is 4.68 Å². The summed E-state index contributed by atoms with van der Waals surface area (Å²) in [5.41, 5.74) is 4.16. The third kappa shape index (κ3) is 3.20. The summed E-state index contributed by atoms with van der Waals surface area (Å²) in [4.78, 5) is 0. The van der Waals surface area contributed by atoms with E-state index in [1.54, 1.807) is 4.68 Å². The van der Waals surface area contributed by atoms with Crippen LogP contribution in [-0.2, 0) is 13.5 Å². The maximum Gasteiger partial charge on any atom is 0.0846 e. The molecule has 1 aromatic heterocycles. The third-order valence-corrected chi connectivity index (χ3v) is 3.57. The first kappa shape index (κ1) is 13.6. The normalized spacial score (nSPS) is 12.3. The summed E-state index contributed by atoms with van der Waals surface area (Å²) < 4.78 is 1.75. The van der Waals surface area contributed by atoms with E-state index >= 15 is 0 Å². The molecule has 0 radical (unpaired) electrons. The van der Waals surface area contributed by atoms with Crippen LogP contribution in [0.2, 0.25) is 0 Å². The second-order valence-electron chi connectivity index (χ2n) is 5.19. The van der Waals surface area contributed by atoms with Gasteiger partial charge in [-0.25, -0.2) is 0 Å². The van der Waals surface area contributed by atoms with Gasteiger partial charge < -0.3 is 5.11 Å². The second-order valence-corrected chi connectivity index (χ2v) is 5.19. The van der Waals surface area contributed by atoms with E-state index in [-0.39, 0.29) is 0 Å². The predicted octanol–water partition coefficient (Wildman–Crippen LogP) is 3.36. The van der Waals surface area contributed by atoms with Gasteiger partial charge in [-0.15, -0.1) is 0 Å². The van der Waals surface area contributed by atoms with Gasteiger partial charge in [0.15, 0.2) is 0 Å². The summed E-state index contributed by atoms with van der Waals surface area (Å²) in [7, 11) is 1.88. The smallest absolute Gasteiger partial charge is 0.0846 e. The first-order chi connectivity index (χ1) is 10.2. The Morgan fingerprint density at radius 1 is 0.952 bits per heavy atom. The van der Waals surface area contributed by atoms with Crippen molar-refractivity contribution in [2.24, 2.45) is 7.05 Å². The van der Waals surface area contributed by atoms with Crippen LogP contribution in [0.3, 0.4) is 0 Å². The molecule has 0 saturated heterocycles. The zero-order valence-electron chi connectivity index (χ0n) is 12.0. The van der Waals surface area contributed by atoms with Crippen molar-refractivity contribution in [2.45, 2.75) is 12.5 Å². The van der Waals surface area contributed by atoms with Gasteiger partial charge in [0.1, 0.15) is 0 Å². The van der Waals surface area contributed by atoms with Crippen molar-refractivity contribution in [1.29, 1.82) is 0 Å². The van der Waals surface area contributed by atoms with E-state index in [2.05, 4.69) is 17.2 Å². The molecule has 0 fully saturated rings. The first-order valence-electron chi connectivity index (χ1n) is 7.04. The number of aromatic nitrogens is 2. The molecule has 106 valence electrons. The highest BCUT2D eigenvalue weighted by Crippen LogP contribution is 2.23. The van der Waals surface area contributed by atoms with Crippen molar-refractivity contribution >= 4 is 0 Å². The molecular formula is C18H18N2O. The largest absolute Gasteiger partial charge is 0.388 e. The molecular weight excluding hydrogens is 260 g/mol. The fraction of sp³-hybridized carbons (Fsp3) is 0.167. The van der Waals surface area contributed by atoms with E-state index in [1.165, 1.54) is 5.56 Å². The molecule has 0 aliphatic rings. The third-order valence-electron chi connectivity index (χ3n) is 3.57. The molecule has 21 heavy (non-hydrogen) atoms. The predicted molar refractivity (Wildman–Crippen MR) is 83.7 cm³/mol. The highest BCUT2D eigenvalue weighted by Gasteiger charge is 2.10. The lowest BCUT2D eigenvalue weighted by molar-refractivity contribution is 0.177. The molecule has 1 N–H and O–H groups in total. The van der Waals surface area contributed by atoms with Gasteiger partial charge in [0.2, 0.25) is 0 Å². The molecule has 0 saturated carbocycles. The van der Waals surface area contributed by atoms with Crippen molar-refractivity contribution in [3.63, 3.8) is 0 Å². The Hall–Kier alpha value is -2.39. The van der Waals surface area contributed by atoms with Crippen molar-refractivity contribution < 1.29 is 5.11 Å². The Kier molecular flexibility index (Phi) is 3.84. The van der Waals surface area contributed by atoms with Gasteiger partial charge in [0, 0.05) is 19.7 Å². The molecule has 2 aromatic carbocycles. The van der Waals surface area contributed by atoms with Gasteiger partial charge in [-0.1, -0.05) is 54.6 Å². The van der Waals surface area contributed by atoms with Crippen molar-refractivity contribution in [1.82, 2.24) is 9.78 Å². The van der Waals surface area contributed by atoms with E-state index in [0.717, 1.165) is 16.8 Å². The minimum absolute atomic E-state index is 0.523. The van der Waals surface area contributed by atoms with E-state index in [9.17, 15) is 5.11 Å². The molecule has 3 heteroatoms. The van der Waals surface area contributed by atoms with Gasteiger partial charge in [-0.2, -0.15) is 5.10 Å². The lowest BCUT2D eigenvalue weighted by Crippen LogP contribution is -2.03. The SMILES string of the molecule is Cn1ccc(CC(O)c2ccc(-c3ccccc3)cc2)n1. The monoisotopic (exact) mass is 278 g/mol. The maximum absolute atomic E-state index is 10.3. The van der Waals surface area contributed by atoms with Crippen LogP contribution in [0.1, 0.15) is 17.4 Å². The number of aliphatic hydroxyl groups is 1. The highest BCUT2D eigenvalue weighted by atomic mass is 16.3. The first-order valence-corrected chi connectivity index (χ1v) is 7.04. The minimum atomic E-state index is -0.523. The molecule has 0 aliphatic carbocycles. The van der Waals surface area contributed by atoms with E-state index in [4.69, 9.17) is 0 Å². The number of nitrogens with zero attached hydrogens (tertiary/aromatic N) is 2. The quantitative estimate of drug-likeness (QED) is 0.794. The van der Waals surface area contributed by atoms with Crippen LogP contribution < -0.4 is 0 Å². The average molecular weight is 278 g/mol. The average Bonchev–Trinajstić information content (AvgIpc) is 2.93. The molecule has 0 amide bonds. The summed E-state index contributed by atoms with van der Waals surface area (Å²) in [6.07, 6.45) is 1.90. The lowest BCUT2D eigenvalue weighted by Gasteiger charge is -2.10. The Labute approximate surface area is 124 Å². The molecule has 0 aliphatic heterocycles. The number of aryl methyl sites for hydroxylation is 1. The van der Waals surface area contributed by atoms with E-state index in [0.29, 0.717) is 6.42 Å². The molecule has 3 rings (SSSR count). The lowest BCUT2D eigenvalue weighted by atomic mass is 10.00. The van der Waals surface area contributed by atoms with Crippen molar-refractivity contribution in [3.05, 3.63) is 78.1 Å². The number of hydrogen-bond acceptors (Lipinski definition) is 2. The van der Waals surface area contributed by atoms with Gasteiger partial charge >= 0.3 is 0 Å². The van der Waals surface area contributed by atoms with Gasteiger partial charge in [-0.05, 0) is 22.8 Å². The van der Waals surface area contributed by atoms with Crippen molar-refractivity contribution in [2.75, 3.05) is 0 Å². The standard InChI is InChI=1S/C18H18N2O/c1-20-12-11-17(19-20)13-18(21)16-9-7-15(8-10-16)14-5-3-2-4-6-14/h2-12,18,21H,13H2,1H3. The number of rotatable bonds is 4. The number of benzene rings is 2. The van der Waals surface area contributed by atoms with Gasteiger partial charge in [0.05, 0.1) is 11.8 Å². The maximum atomic E-state index is 10.3. The summed E-state index contributed by atoms with van der Waals surface area (Å²) in [5.74, 6) is 0. The zero-order chi connectivity index (χ0) is 14.7. The highest BCUT2D eigenvalue weighted by molar-refractivity contribution is 5.63. The molecule has 1 unspecified atom stereocenters. The molecule has 3 nitrogen and oxygen atoms in total. The van der Waals surface area contributed by atoms with E-state index in [1.807, 2.05) is 61.8 Å². The van der Waals surface area contributed by atoms with Crippen LogP contribution in [0.4, 0.5) is 0 Å².